The molecule has 0 saturated carbocycles. The molecule has 1 rings (SSSR count). The van der Waals surface area contributed by atoms with Crippen LogP contribution in [0.1, 0.15) is 43.1 Å². The molecule has 0 fully saturated rings. The molecular formula is C16H24F3N3OS. The fourth-order valence-corrected chi connectivity index (χ4v) is 2.87. The lowest BCUT2D eigenvalue weighted by Crippen LogP contribution is -2.39. The molecule has 0 bridgehead atoms. The number of carbonyl (C=O) groups excluding carboxylic acids is 1. The summed E-state index contributed by atoms with van der Waals surface area (Å²) >= 11 is 1.43. The highest BCUT2D eigenvalue weighted by Crippen LogP contribution is 2.20. The van der Waals surface area contributed by atoms with E-state index in [1.54, 1.807) is 0 Å². The third-order valence-corrected chi connectivity index (χ3v) is 4.22. The van der Waals surface area contributed by atoms with E-state index in [0.717, 1.165) is 28.3 Å². The van der Waals surface area contributed by atoms with Crippen LogP contribution in [0.5, 0.6) is 0 Å². The summed E-state index contributed by atoms with van der Waals surface area (Å²) in [5.74, 6) is -0.478. The molecule has 0 spiro atoms. The molecule has 24 heavy (non-hydrogen) atoms. The molecule has 0 N–H and O–H groups in total. The van der Waals surface area contributed by atoms with Crippen LogP contribution in [0.15, 0.2) is 5.16 Å². The lowest BCUT2D eigenvalue weighted by molar-refractivity contribution is -0.161. The molecule has 0 aliphatic heterocycles. The smallest absolute Gasteiger partial charge is 0.334 e. The molecule has 0 unspecified atom stereocenters. The van der Waals surface area contributed by atoms with Gasteiger partial charge in [0.15, 0.2) is 5.16 Å². The van der Waals surface area contributed by atoms with Crippen molar-refractivity contribution in [1.29, 1.82) is 0 Å². The number of amides is 1. The van der Waals surface area contributed by atoms with E-state index in [1.165, 1.54) is 11.8 Å². The topological polar surface area (TPSA) is 46.1 Å². The van der Waals surface area contributed by atoms with Gasteiger partial charge in [-0.15, -0.1) is 0 Å². The summed E-state index contributed by atoms with van der Waals surface area (Å²) in [6, 6.07) is 0. The van der Waals surface area contributed by atoms with Crippen LogP contribution in [-0.2, 0) is 11.2 Å². The van der Waals surface area contributed by atoms with Crippen molar-refractivity contribution in [1.82, 2.24) is 14.9 Å². The maximum absolute atomic E-state index is 12.7. The van der Waals surface area contributed by atoms with Gasteiger partial charge in [0.05, 0.1) is 0 Å². The standard InChI is InChI=1S/C16H24F3N3OS/c1-5-6-9-22(10-16(17,18)19)14(23)8-7-13-11(2)20-15(24-4)21-12(13)3/h5-10H2,1-4H3. The second kappa shape index (κ2) is 9.25. The fourth-order valence-electron chi connectivity index (χ4n) is 2.41. The molecule has 0 aromatic carbocycles. The first kappa shape index (κ1) is 20.7. The third kappa shape index (κ3) is 6.67. The number of aromatic nitrogens is 2. The van der Waals surface area contributed by atoms with E-state index >= 15 is 0 Å². The lowest BCUT2D eigenvalue weighted by atomic mass is 10.1. The van der Waals surface area contributed by atoms with Gasteiger partial charge in [-0.05, 0) is 38.5 Å². The Morgan fingerprint density at radius 2 is 1.79 bits per heavy atom. The fraction of sp³-hybridized carbons (Fsp3) is 0.688. The van der Waals surface area contributed by atoms with E-state index in [-0.39, 0.29) is 13.0 Å². The summed E-state index contributed by atoms with van der Waals surface area (Å²) in [6.45, 7) is 4.49. The Morgan fingerprint density at radius 1 is 1.21 bits per heavy atom. The van der Waals surface area contributed by atoms with E-state index in [1.807, 2.05) is 27.0 Å². The number of nitrogens with zero attached hydrogens (tertiary/aromatic N) is 3. The lowest BCUT2D eigenvalue weighted by Gasteiger charge is -2.24. The van der Waals surface area contributed by atoms with Crippen LogP contribution in [0.3, 0.4) is 0 Å². The van der Waals surface area contributed by atoms with Gasteiger partial charge in [-0.3, -0.25) is 4.79 Å². The summed E-state index contributed by atoms with van der Waals surface area (Å²) in [5.41, 5.74) is 2.38. The molecule has 1 amide bonds. The largest absolute Gasteiger partial charge is 0.406 e. The van der Waals surface area contributed by atoms with E-state index < -0.39 is 18.6 Å². The highest BCUT2D eigenvalue weighted by Gasteiger charge is 2.32. The van der Waals surface area contributed by atoms with Crippen molar-refractivity contribution in [3.63, 3.8) is 0 Å². The maximum Gasteiger partial charge on any atom is 0.406 e. The number of rotatable bonds is 8. The molecule has 0 radical (unpaired) electrons. The number of thioether (sulfide) groups is 1. The summed E-state index contributed by atoms with van der Waals surface area (Å²) in [6.07, 6.45) is -0.817. The van der Waals surface area contributed by atoms with Crippen molar-refractivity contribution < 1.29 is 18.0 Å². The van der Waals surface area contributed by atoms with Crippen molar-refractivity contribution in [3.8, 4) is 0 Å². The van der Waals surface area contributed by atoms with Crippen LogP contribution in [-0.4, -0.2) is 46.3 Å². The number of hydrogen-bond acceptors (Lipinski definition) is 4. The van der Waals surface area contributed by atoms with Gasteiger partial charge in [0.2, 0.25) is 5.91 Å². The maximum atomic E-state index is 12.7. The van der Waals surface area contributed by atoms with Crippen LogP contribution in [0.4, 0.5) is 13.2 Å². The second-order valence-electron chi connectivity index (χ2n) is 5.64. The predicted molar refractivity (Wildman–Crippen MR) is 89.2 cm³/mol. The van der Waals surface area contributed by atoms with Gasteiger partial charge in [-0.1, -0.05) is 25.1 Å². The number of hydrogen-bond donors (Lipinski definition) is 0. The van der Waals surface area contributed by atoms with Crippen LogP contribution >= 0.6 is 11.8 Å². The quantitative estimate of drug-likeness (QED) is 0.518. The Bertz CT molecular complexity index is 541. The first-order valence-electron chi connectivity index (χ1n) is 7.90. The number of alkyl halides is 3. The SMILES string of the molecule is CCCCN(CC(F)(F)F)C(=O)CCc1c(C)nc(SC)nc1C. The summed E-state index contributed by atoms with van der Waals surface area (Å²) in [5, 5.41) is 0.654. The average Bonchev–Trinajstić information content (AvgIpc) is 2.48. The zero-order valence-corrected chi connectivity index (χ0v) is 15.4. The highest BCUT2D eigenvalue weighted by molar-refractivity contribution is 7.98. The van der Waals surface area contributed by atoms with Crippen molar-refractivity contribution in [3.05, 3.63) is 17.0 Å². The minimum atomic E-state index is -4.38. The highest BCUT2D eigenvalue weighted by atomic mass is 32.2. The summed E-state index contributed by atoms with van der Waals surface area (Å²) in [7, 11) is 0. The molecule has 1 aromatic rings. The monoisotopic (exact) mass is 363 g/mol. The van der Waals surface area contributed by atoms with Gasteiger partial charge in [0.1, 0.15) is 6.54 Å². The Morgan fingerprint density at radius 3 is 2.25 bits per heavy atom. The zero-order chi connectivity index (χ0) is 18.3. The van der Waals surface area contributed by atoms with E-state index in [9.17, 15) is 18.0 Å². The third-order valence-electron chi connectivity index (χ3n) is 3.68. The first-order chi connectivity index (χ1) is 11.2. The Labute approximate surface area is 145 Å². The number of aryl methyl sites for hydroxylation is 2. The van der Waals surface area contributed by atoms with Gasteiger partial charge >= 0.3 is 6.18 Å². The van der Waals surface area contributed by atoms with Gasteiger partial charge in [0, 0.05) is 24.4 Å². The second-order valence-corrected chi connectivity index (χ2v) is 6.42. The summed E-state index contributed by atoms with van der Waals surface area (Å²) < 4.78 is 38.0. The van der Waals surface area contributed by atoms with Crippen LogP contribution in [0, 0.1) is 13.8 Å². The van der Waals surface area contributed by atoms with E-state index in [2.05, 4.69) is 9.97 Å². The zero-order valence-electron chi connectivity index (χ0n) is 14.5. The molecule has 0 atom stereocenters. The average molecular weight is 363 g/mol. The molecule has 136 valence electrons. The molecule has 0 aliphatic carbocycles. The van der Waals surface area contributed by atoms with E-state index in [0.29, 0.717) is 18.0 Å². The van der Waals surface area contributed by atoms with Crippen molar-refractivity contribution in [2.45, 2.75) is 57.8 Å². The molecular weight excluding hydrogens is 339 g/mol. The van der Waals surface area contributed by atoms with Crippen molar-refractivity contribution >= 4 is 17.7 Å². The number of halogens is 3. The summed E-state index contributed by atoms with van der Waals surface area (Å²) in [4.78, 5) is 21.8. The van der Waals surface area contributed by atoms with Crippen LogP contribution in [0.2, 0.25) is 0 Å². The molecule has 1 heterocycles. The minimum absolute atomic E-state index is 0.0312. The molecule has 8 heteroatoms. The van der Waals surface area contributed by atoms with Crippen molar-refractivity contribution in [2.24, 2.45) is 0 Å². The molecule has 1 aromatic heterocycles. The van der Waals surface area contributed by atoms with Crippen LogP contribution in [0.25, 0.3) is 0 Å². The van der Waals surface area contributed by atoms with Gasteiger partial charge in [-0.2, -0.15) is 13.2 Å². The molecule has 0 aliphatic rings. The Kier molecular flexibility index (Phi) is 7.99. The Balaban J connectivity index is 2.78. The molecule has 0 saturated heterocycles. The van der Waals surface area contributed by atoms with E-state index in [4.69, 9.17) is 0 Å². The van der Waals surface area contributed by atoms with Gasteiger partial charge in [-0.25, -0.2) is 9.97 Å². The first-order valence-corrected chi connectivity index (χ1v) is 9.13. The minimum Gasteiger partial charge on any atom is -0.334 e. The number of carbonyl (C=O) groups is 1. The number of unbranched alkanes of at least 4 members (excludes halogenated alkanes) is 1. The normalized spacial score (nSPS) is 11.6. The van der Waals surface area contributed by atoms with Crippen molar-refractivity contribution in [2.75, 3.05) is 19.3 Å². The van der Waals surface area contributed by atoms with Crippen LogP contribution < -0.4 is 0 Å². The van der Waals surface area contributed by atoms with Gasteiger partial charge in [0.25, 0.3) is 0 Å². The van der Waals surface area contributed by atoms with Gasteiger partial charge < -0.3 is 4.90 Å². The molecule has 4 nitrogen and oxygen atoms in total. The predicted octanol–water partition coefficient (Wildman–Crippen LogP) is 3.94. The Hall–Kier alpha value is -1.31.